The van der Waals surface area contributed by atoms with Crippen LogP contribution in [0, 0.1) is 12.3 Å². The summed E-state index contributed by atoms with van der Waals surface area (Å²) >= 11 is 0. The van der Waals surface area contributed by atoms with Crippen LogP contribution in [0.2, 0.25) is 0 Å². The normalized spacial score (nSPS) is 15.4. The Kier molecular flexibility index (Phi) is 29.3. The average molecular weight is 996 g/mol. The van der Waals surface area contributed by atoms with Crippen molar-refractivity contribution in [3.63, 3.8) is 0 Å². The third kappa shape index (κ3) is 21.1. The van der Waals surface area contributed by atoms with E-state index in [0.717, 1.165) is 22.9 Å². The van der Waals surface area contributed by atoms with Gasteiger partial charge < -0.3 is 71.2 Å². The summed E-state index contributed by atoms with van der Waals surface area (Å²) in [5, 5.41) is 0. The van der Waals surface area contributed by atoms with E-state index in [1.54, 1.807) is 14.2 Å². The highest BCUT2D eigenvalue weighted by Gasteiger charge is 2.43. The number of anilines is 1. The second-order valence-electron chi connectivity index (χ2n) is 17.5. The molecule has 0 fully saturated rings. The summed E-state index contributed by atoms with van der Waals surface area (Å²) in [6.45, 7) is 21.6. The average Bonchev–Trinajstić information content (AvgIpc) is 3.69. The number of benzene rings is 2. The first-order valence-electron chi connectivity index (χ1n) is 24.8. The first-order chi connectivity index (χ1) is 34.7. The van der Waals surface area contributed by atoms with Crippen molar-refractivity contribution in [1.82, 2.24) is 0 Å². The van der Waals surface area contributed by atoms with Gasteiger partial charge in [0.1, 0.15) is 38.4 Å². The maximum atomic E-state index is 6.18. The zero-order valence-corrected chi connectivity index (χ0v) is 43.7. The van der Waals surface area contributed by atoms with E-state index in [1.807, 2.05) is 12.1 Å². The summed E-state index contributed by atoms with van der Waals surface area (Å²) in [5.74, 6) is 4.04. The van der Waals surface area contributed by atoms with Gasteiger partial charge in [0.25, 0.3) is 0 Å². The second kappa shape index (κ2) is 35.0. The minimum Gasteiger partial charge on any atom is -0.491 e. The van der Waals surface area contributed by atoms with Crippen molar-refractivity contribution in [2.45, 2.75) is 38.5 Å². The summed E-state index contributed by atoms with van der Waals surface area (Å²) in [4.78, 5) is 2.35. The number of nitrogens with zero attached hydrogens (tertiary/aromatic N) is 2. The fourth-order valence-corrected chi connectivity index (χ4v) is 8.00. The van der Waals surface area contributed by atoms with Gasteiger partial charge in [-0.2, -0.15) is 4.58 Å². The molecule has 0 radical (unpaired) electrons. The molecule has 0 N–H and O–H groups in total. The van der Waals surface area contributed by atoms with Crippen LogP contribution in [0.15, 0.2) is 72.5 Å². The maximum Gasteiger partial charge on any atom is 0.209 e. The predicted octanol–water partition coefficient (Wildman–Crippen LogP) is 6.34. The lowest BCUT2D eigenvalue weighted by Gasteiger charge is -2.27. The molecule has 396 valence electrons. The predicted molar refractivity (Wildman–Crippen MR) is 275 cm³/mol. The molecule has 16 nitrogen and oxygen atoms in total. The Morgan fingerprint density at radius 2 is 0.944 bits per heavy atom. The van der Waals surface area contributed by atoms with Crippen LogP contribution in [0.3, 0.4) is 0 Å². The van der Waals surface area contributed by atoms with Crippen molar-refractivity contribution in [2.24, 2.45) is 0 Å². The Morgan fingerprint density at radius 1 is 0.507 bits per heavy atom. The topological polar surface area (TPSA) is 135 Å². The largest absolute Gasteiger partial charge is 0.491 e. The summed E-state index contributed by atoms with van der Waals surface area (Å²) < 4.78 is 80.5. The van der Waals surface area contributed by atoms with E-state index < -0.39 is 0 Å². The molecule has 0 bridgehead atoms. The molecule has 0 atom stereocenters. The van der Waals surface area contributed by atoms with Gasteiger partial charge in [-0.3, -0.25) is 0 Å². The minimum atomic E-state index is -0.310. The minimum absolute atomic E-state index is 0.243. The highest BCUT2D eigenvalue weighted by molar-refractivity contribution is 6.03. The Balaban J connectivity index is 1.29. The van der Waals surface area contributed by atoms with E-state index in [9.17, 15) is 0 Å². The molecule has 2 aliphatic heterocycles. The number of hydrogen-bond donors (Lipinski definition) is 0. The van der Waals surface area contributed by atoms with Gasteiger partial charge in [0.15, 0.2) is 5.71 Å². The number of hydrogen-bond acceptors (Lipinski definition) is 15. The van der Waals surface area contributed by atoms with Crippen LogP contribution in [0.1, 0.15) is 38.8 Å². The van der Waals surface area contributed by atoms with E-state index >= 15 is 0 Å². The number of terminal acetylenes is 1. The Labute approximate surface area is 424 Å². The van der Waals surface area contributed by atoms with E-state index in [2.05, 4.69) is 105 Å². The van der Waals surface area contributed by atoms with Gasteiger partial charge >= 0.3 is 0 Å². The van der Waals surface area contributed by atoms with Gasteiger partial charge in [-0.05, 0) is 55.8 Å². The van der Waals surface area contributed by atoms with Crippen LogP contribution >= 0.6 is 0 Å². The van der Waals surface area contributed by atoms with Crippen LogP contribution in [0.4, 0.5) is 11.4 Å². The van der Waals surface area contributed by atoms with Gasteiger partial charge in [-0.15, -0.1) is 6.42 Å². The molecule has 2 aliphatic rings. The quantitative estimate of drug-likeness (QED) is 0.0317. The number of allylic oxidation sites excluding steroid dienone is 6. The lowest BCUT2D eigenvalue weighted by Crippen LogP contribution is -2.29. The molecular formula is C55H83N2O14+. The molecule has 16 heteroatoms. The SMILES string of the molecule is C#CCOCCOCCOCCOCCOc1ccc2c(c1)C(C)(C)C(/C=C/C=C/C=C1/N(CCOCCOCCOCCOC)c3ccc(OCCOCCOCCOCCOC)cc3C1(C)C)=[N+]2C. The number of ether oxygens (including phenoxy) is 14. The van der Waals surface area contributed by atoms with Crippen molar-refractivity contribution in [3.8, 4) is 23.8 Å². The van der Waals surface area contributed by atoms with Crippen molar-refractivity contribution in [3.05, 3.63) is 83.6 Å². The fraction of sp³-hybridized carbons (Fsp3) is 0.618. The van der Waals surface area contributed by atoms with Gasteiger partial charge in [-0.1, -0.05) is 38.0 Å². The van der Waals surface area contributed by atoms with Crippen LogP contribution < -0.4 is 14.4 Å². The lowest BCUT2D eigenvalue weighted by molar-refractivity contribution is -0.401. The van der Waals surface area contributed by atoms with E-state index in [4.69, 9.17) is 72.7 Å². The number of fused-ring (bicyclic) bond motifs is 2. The maximum absolute atomic E-state index is 6.18. The Morgan fingerprint density at radius 3 is 1.44 bits per heavy atom. The third-order valence-electron chi connectivity index (χ3n) is 11.7. The van der Waals surface area contributed by atoms with Crippen LogP contribution in [0.25, 0.3) is 0 Å². The van der Waals surface area contributed by atoms with Gasteiger partial charge in [0, 0.05) is 55.3 Å². The zero-order valence-electron chi connectivity index (χ0n) is 43.7. The number of rotatable bonds is 42. The van der Waals surface area contributed by atoms with Gasteiger partial charge in [0.2, 0.25) is 5.69 Å². The highest BCUT2D eigenvalue weighted by atomic mass is 16.6. The molecule has 0 saturated heterocycles. The fourth-order valence-electron chi connectivity index (χ4n) is 8.00. The molecule has 0 amide bonds. The van der Waals surface area contributed by atoms with Crippen molar-refractivity contribution in [1.29, 1.82) is 0 Å². The first kappa shape index (κ1) is 59.4. The molecule has 0 unspecified atom stereocenters. The van der Waals surface area contributed by atoms with Crippen LogP contribution in [-0.2, 0) is 67.7 Å². The van der Waals surface area contributed by atoms with Crippen molar-refractivity contribution >= 4 is 17.1 Å². The Hall–Kier alpha value is -4.19. The molecule has 0 saturated carbocycles. The monoisotopic (exact) mass is 996 g/mol. The third-order valence-corrected chi connectivity index (χ3v) is 11.7. The Bertz CT molecular complexity index is 1960. The molecule has 4 rings (SSSR count). The molecule has 0 aromatic heterocycles. The van der Waals surface area contributed by atoms with E-state index in [0.29, 0.717) is 165 Å². The van der Waals surface area contributed by atoms with Crippen LogP contribution in [0.5, 0.6) is 11.5 Å². The molecule has 0 spiro atoms. The summed E-state index contributed by atoms with van der Waals surface area (Å²) in [7, 11) is 5.43. The van der Waals surface area contributed by atoms with E-state index in [1.165, 1.54) is 22.5 Å². The summed E-state index contributed by atoms with van der Waals surface area (Å²) in [5.41, 5.74) is 6.49. The van der Waals surface area contributed by atoms with Crippen LogP contribution in [-0.4, -0.2) is 197 Å². The first-order valence-corrected chi connectivity index (χ1v) is 24.8. The zero-order chi connectivity index (χ0) is 50.8. The lowest BCUT2D eigenvalue weighted by atomic mass is 9.81. The van der Waals surface area contributed by atoms with Crippen molar-refractivity contribution in [2.75, 3.05) is 191 Å². The highest BCUT2D eigenvalue weighted by Crippen LogP contribution is 2.49. The second-order valence-corrected chi connectivity index (χ2v) is 17.5. The smallest absolute Gasteiger partial charge is 0.209 e. The summed E-state index contributed by atoms with van der Waals surface area (Å²) in [6.07, 6.45) is 15.9. The van der Waals surface area contributed by atoms with Gasteiger partial charge in [0.05, 0.1) is 144 Å². The van der Waals surface area contributed by atoms with E-state index in [-0.39, 0.29) is 10.8 Å². The summed E-state index contributed by atoms with van der Waals surface area (Å²) in [6, 6.07) is 12.6. The molecule has 71 heavy (non-hydrogen) atoms. The van der Waals surface area contributed by atoms with Crippen molar-refractivity contribution < 1.29 is 70.9 Å². The number of methoxy groups -OCH3 is 2. The molecule has 2 aromatic rings. The molecule has 0 aliphatic carbocycles. The molecular weight excluding hydrogens is 913 g/mol. The molecule has 2 heterocycles. The molecule has 2 aromatic carbocycles. The van der Waals surface area contributed by atoms with Gasteiger partial charge in [-0.25, -0.2) is 0 Å². The standard InChI is InChI=1S/C55H83N2O14/c1-9-20-60-26-28-64-34-35-67-37-39-68-40-42-70-46-15-17-50-48(44-46)54(2,3)52(56(50)6)13-11-10-12-14-53-55(4,5)49-45-47(71-43-41-69-38-36-66-33-31-63-25-23-59-8)16-18-51(49)57(53)19-21-61-27-29-65-32-30-62-24-22-58-7/h1,10-18,44-45H,19-43H2,2-8H3/q+1.